The van der Waals surface area contributed by atoms with Crippen LogP contribution in [0.3, 0.4) is 0 Å². The molecule has 6 heteroatoms. The molecule has 1 atom stereocenters. The lowest BCUT2D eigenvalue weighted by atomic mass is 10.1. The third-order valence-electron chi connectivity index (χ3n) is 5.43. The number of hydrogen-bond donors (Lipinski definition) is 0. The van der Waals surface area contributed by atoms with Crippen LogP contribution in [-0.2, 0) is 11.3 Å². The fourth-order valence-corrected chi connectivity index (χ4v) is 4.04. The Kier molecular flexibility index (Phi) is 5.86. The Morgan fingerprint density at radius 3 is 2.62 bits per heavy atom. The van der Waals surface area contributed by atoms with Gasteiger partial charge in [0, 0.05) is 40.7 Å². The van der Waals surface area contributed by atoms with E-state index in [0.29, 0.717) is 34.5 Å². The van der Waals surface area contributed by atoms with Crippen molar-refractivity contribution in [3.8, 4) is 0 Å². The van der Waals surface area contributed by atoms with Crippen LogP contribution in [0, 0.1) is 13.8 Å². The molecule has 1 aliphatic rings. The van der Waals surface area contributed by atoms with Crippen molar-refractivity contribution in [1.82, 2.24) is 4.90 Å². The van der Waals surface area contributed by atoms with Gasteiger partial charge in [0.1, 0.15) is 5.58 Å². The molecule has 0 N–H and O–H groups in total. The van der Waals surface area contributed by atoms with Crippen LogP contribution in [0.15, 0.2) is 40.8 Å². The van der Waals surface area contributed by atoms with Crippen molar-refractivity contribution in [2.24, 2.45) is 0 Å². The molecule has 0 radical (unpaired) electrons. The van der Waals surface area contributed by atoms with E-state index in [-0.39, 0.29) is 12.0 Å². The van der Waals surface area contributed by atoms with E-state index in [1.807, 2.05) is 50.2 Å². The van der Waals surface area contributed by atoms with Crippen molar-refractivity contribution in [2.75, 3.05) is 13.2 Å². The predicted octanol–water partition coefficient (Wildman–Crippen LogP) is 6.18. The van der Waals surface area contributed by atoms with E-state index in [4.69, 9.17) is 32.4 Å². The van der Waals surface area contributed by atoms with Crippen molar-refractivity contribution in [2.45, 2.75) is 39.3 Å². The summed E-state index contributed by atoms with van der Waals surface area (Å²) in [6.45, 7) is 5.56. The first-order valence-electron chi connectivity index (χ1n) is 9.77. The van der Waals surface area contributed by atoms with E-state index >= 15 is 0 Å². The zero-order valence-electron chi connectivity index (χ0n) is 16.5. The van der Waals surface area contributed by atoms with Gasteiger partial charge in [-0.15, -0.1) is 0 Å². The molecule has 0 aliphatic carbocycles. The van der Waals surface area contributed by atoms with Crippen LogP contribution in [0.2, 0.25) is 10.0 Å². The number of nitrogens with zero attached hydrogens (tertiary/aromatic N) is 1. The number of carbonyl (C=O) groups is 1. The van der Waals surface area contributed by atoms with Gasteiger partial charge in [0.2, 0.25) is 0 Å². The van der Waals surface area contributed by atoms with Gasteiger partial charge in [0.15, 0.2) is 5.76 Å². The molecule has 1 fully saturated rings. The van der Waals surface area contributed by atoms with Gasteiger partial charge < -0.3 is 14.1 Å². The summed E-state index contributed by atoms with van der Waals surface area (Å²) in [6.07, 6.45) is 2.03. The lowest BCUT2D eigenvalue weighted by Gasteiger charge is -2.25. The molecule has 1 aromatic heterocycles. The molecule has 0 saturated carbocycles. The van der Waals surface area contributed by atoms with Gasteiger partial charge in [0.25, 0.3) is 5.91 Å². The summed E-state index contributed by atoms with van der Waals surface area (Å²) in [5.74, 6) is 0.214. The van der Waals surface area contributed by atoms with Crippen molar-refractivity contribution < 1.29 is 13.9 Å². The predicted molar refractivity (Wildman–Crippen MR) is 116 cm³/mol. The van der Waals surface area contributed by atoms with Gasteiger partial charge in [-0.05, 0) is 62.1 Å². The molecule has 1 saturated heterocycles. The lowest BCUT2D eigenvalue weighted by molar-refractivity contribution is 0.0485. The molecule has 2 heterocycles. The second-order valence-corrected chi connectivity index (χ2v) is 8.44. The summed E-state index contributed by atoms with van der Waals surface area (Å²) in [7, 11) is 0. The van der Waals surface area contributed by atoms with Crippen molar-refractivity contribution in [3.63, 3.8) is 0 Å². The van der Waals surface area contributed by atoms with E-state index in [1.54, 1.807) is 4.90 Å². The first-order chi connectivity index (χ1) is 13.9. The highest BCUT2D eigenvalue weighted by Crippen LogP contribution is 2.31. The highest BCUT2D eigenvalue weighted by atomic mass is 35.5. The monoisotopic (exact) mass is 431 g/mol. The van der Waals surface area contributed by atoms with Crippen LogP contribution in [-0.4, -0.2) is 30.1 Å². The Morgan fingerprint density at radius 2 is 1.93 bits per heavy atom. The molecule has 1 amide bonds. The maximum atomic E-state index is 13.5. The summed E-state index contributed by atoms with van der Waals surface area (Å²) in [5.41, 5.74) is 3.41. The second kappa shape index (κ2) is 8.39. The smallest absolute Gasteiger partial charge is 0.290 e. The average Bonchev–Trinajstić information content (AvgIpc) is 3.32. The summed E-state index contributed by atoms with van der Waals surface area (Å²) in [5, 5.41) is 2.21. The topological polar surface area (TPSA) is 42.7 Å². The molecule has 0 bridgehead atoms. The van der Waals surface area contributed by atoms with Gasteiger partial charge >= 0.3 is 0 Å². The Hall–Kier alpha value is -2.01. The van der Waals surface area contributed by atoms with Crippen LogP contribution in [0.5, 0.6) is 0 Å². The number of rotatable bonds is 5. The van der Waals surface area contributed by atoms with Crippen molar-refractivity contribution in [3.05, 3.63) is 68.9 Å². The van der Waals surface area contributed by atoms with Crippen molar-refractivity contribution in [1.29, 1.82) is 0 Å². The minimum Gasteiger partial charge on any atom is -0.451 e. The molecular formula is C23H23Cl2NO3. The molecular weight excluding hydrogens is 409 g/mol. The Bertz CT molecular complexity index is 1040. The number of aryl methyl sites for hydroxylation is 2. The van der Waals surface area contributed by atoms with Crippen LogP contribution in [0.25, 0.3) is 11.0 Å². The fourth-order valence-electron chi connectivity index (χ4n) is 3.75. The normalized spacial score (nSPS) is 16.5. The Labute approximate surface area is 180 Å². The highest BCUT2D eigenvalue weighted by Gasteiger charge is 2.27. The molecule has 1 aliphatic heterocycles. The Morgan fingerprint density at radius 1 is 1.17 bits per heavy atom. The van der Waals surface area contributed by atoms with Crippen LogP contribution in [0.4, 0.5) is 0 Å². The number of halogens is 2. The fraction of sp³-hybridized carbons (Fsp3) is 0.348. The molecule has 0 spiro atoms. The van der Waals surface area contributed by atoms with Gasteiger partial charge in [-0.25, -0.2) is 0 Å². The number of carbonyl (C=O) groups excluding carboxylic acids is 1. The molecule has 4 nitrogen and oxygen atoms in total. The zero-order valence-corrected chi connectivity index (χ0v) is 18.0. The third-order valence-corrected chi connectivity index (χ3v) is 6.09. The molecule has 2 aromatic carbocycles. The Balaban J connectivity index is 1.67. The van der Waals surface area contributed by atoms with E-state index in [0.717, 1.165) is 41.5 Å². The number of hydrogen-bond acceptors (Lipinski definition) is 3. The van der Waals surface area contributed by atoms with Gasteiger partial charge in [0.05, 0.1) is 6.10 Å². The van der Waals surface area contributed by atoms with Gasteiger partial charge in [-0.2, -0.15) is 0 Å². The highest BCUT2D eigenvalue weighted by molar-refractivity contribution is 6.32. The van der Waals surface area contributed by atoms with Crippen molar-refractivity contribution >= 4 is 40.1 Å². The van der Waals surface area contributed by atoms with Crippen LogP contribution in [0.1, 0.15) is 40.1 Å². The third kappa shape index (κ3) is 4.30. The minimum absolute atomic E-state index is 0.0487. The standard InChI is InChI=1S/C23H23Cl2NO3/c1-14-10-21-19(11-20(14)25)15(2)22(29-21)23(27)26(13-18-4-3-9-28-18)12-16-5-7-17(24)8-6-16/h5-8,10-11,18H,3-4,9,12-13H2,1-2H3/t18-/m0/s1. The summed E-state index contributed by atoms with van der Waals surface area (Å²) in [6, 6.07) is 11.3. The maximum Gasteiger partial charge on any atom is 0.290 e. The van der Waals surface area contributed by atoms with Gasteiger partial charge in [-0.1, -0.05) is 35.3 Å². The largest absolute Gasteiger partial charge is 0.451 e. The number of furan rings is 1. The first kappa shape index (κ1) is 20.3. The minimum atomic E-state index is -0.141. The van der Waals surface area contributed by atoms with E-state index in [2.05, 4.69) is 0 Å². The van der Waals surface area contributed by atoms with E-state index in [1.165, 1.54) is 0 Å². The SMILES string of the molecule is Cc1cc2oc(C(=O)N(Cc3ccc(Cl)cc3)C[C@@H]3CCCO3)c(C)c2cc1Cl. The van der Waals surface area contributed by atoms with E-state index < -0.39 is 0 Å². The number of benzene rings is 2. The quantitative estimate of drug-likeness (QED) is 0.484. The number of fused-ring (bicyclic) bond motifs is 1. The van der Waals surface area contributed by atoms with E-state index in [9.17, 15) is 4.79 Å². The average molecular weight is 432 g/mol. The zero-order chi connectivity index (χ0) is 20.5. The molecule has 0 unspecified atom stereocenters. The number of ether oxygens (including phenoxy) is 1. The summed E-state index contributed by atoms with van der Waals surface area (Å²) in [4.78, 5) is 15.3. The second-order valence-electron chi connectivity index (χ2n) is 7.60. The van der Waals surface area contributed by atoms with Crippen LogP contribution < -0.4 is 0 Å². The molecule has 29 heavy (non-hydrogen) atoms. The first-order valence-corrected chi connectivity index (χ1v) is 10.5. The summed E-state index contributed by atoms with van der Waals surface area (Å²) >= 11 is 12.3. The number of amides is 1. The molecule has 4 rings (SSSR count). The summed E-state index contributed by atoms with van der Waals surface area (Å²) < 4.78 is 11.8. The lowest BCUT2D eigenvalue weighted by Crippen LogP contribution is -2.37. The molecule has 3 aromatic rings. The molecule has 152 valence electrons. The van der Waals surface area contributed by atoms with Crippen LogP contribution >= 0.6 is 23.2 Å². The maximum absolute atomic E-state index is 13.5. The van der Waals surface area contributed by atoms with Gasteiger partial charge in [-0.3, -0.25) is 4.79 Å².